The monoisotopic (exact) mass is 362 g/mol. The summed E-state index contributed by atoms with van der Waals surface area (Å²) < 4.78 is 0. The molecule has 0 bridgehead atoms. The predicted octanol–water partition coefficient (Wildman–Crippen LogP) is 4.60. The maximum absolute atomic E-state index is 11.0. The molecule has 114 valence electrons. The van der Waals surface area contributed by atoms with E-state index in [1.807, 2.05) is 0 Å². The van der Waals surface area contributed by atoms with Crippen molar-refractivity contribution in [2.45, 2.75) is 0 Å². The maximum atomic E-state index is 11.0. The number of benzene rings is 1. The molecule has 22 heavy (non-hydrogen) atoms. The van der Waals surface area contributed by atoms with Crippen LogP contribution in [0.4, 0.5) is 22.9 Å². The van der Waals surface area contributed by atoms with E-state index in [1.165, 1.54) is 12.1 Å². The quantitative estimate of drug-likeness (QED) is 0.627. The molecular formula is C11H5Cl3N4O4. The van der Waals surface area contributed by atoms with Gasteiger partial charge in [0.05, 0.1) is 31.6 Å². The van der Waals surface area contributed by atoms with E-state index in [9.17, 15) is 20.2 Å². The van der Waals surface area contributed by atoms with Crippen LogP contribution in [0.15, 0.2) is 24.4 Å². The van der Waals surface area contributed by atoms with E-state index < -0.39 is 21.2 Å². The molecular weight excluding hydrogens is 359 g/mol. The van der Waals surface area contributed by atoms with Crippen LogP contribution in [0.1, 0.15) is 0 Å². The van der Waals surface area contributed by atoms with E-state index in [0.717, 1.165) is 12.3 Å². The number of anilines is 2. The highest BCUT2D eigenvalue weighted by Crippen LogP contribution is 2.37. The summed E-state index contributed by atoms with van der Waals surface area (Å²) in [5, 5.41) is 24.8. The zero-order chi connectivity index (χ0) is 16.4. The highest BCUT2D eigenvalue weighted by atomic mass is 35.5. The maximum Gasteiger partial charge on any atom is 0.318 e. The van der Waals surface area contributed by atoms with Crippen LogP contribution in [0.3, 0.4) is 0 Å². The van der Waals surface area contributed by atoms with Gasteiger partial charge in [-0.05, 0) is 12.1 Å². The molecule has 0 fully saturated rings. The van der Waals surface area contributed by atoms with Gasteiger partial charge in [0.25, 0.3) is 5.69 Å². The molecule has 0 aliphatic heterocycles. The standard InChI is InChI=1S/C11H5Cl3N4O4/c12-5-1-7(13)10(8(14)2-5)16-11-9(18(21)22)3-6(4-15-11)17(19)20/h1-4H,(H,15,16). The summed E-state index contributed by atoms with van der Waals surface area (Å²) in [5.74, 6) is -0.235. The minimum Gasteiger partial charge on any atom is -0.332 e. The van der Waals surface area contributed by atoms with Crippen LogP contribution in [0.25, 0.3) is 0 Å². The number of nitrogens with one attached hydrogen (secondary N) is 1. The second-order valence-electron chi connectivity index (χ2n) is 3.94. The van der Waals surface area contributed by atoms with Gasteiger partial charge in [-0.15, -0.1) is 0 Å². The van der Waals surface area contributed by atoms with Crippen molar-refractivity contribution >= 4 is 57.7 Å². The lowest BCUT2D eigenvalue weighted by Gasteiger charge is -2.10. The zero-order valence-corrected chi connectivity index (χ0v) is 12.7. The first-order valence-corrected chi connectivity index (χ1v) is 6.63. The van der Waals surface area contributed by atoms with Gasteiger partial charge in [-0.2, -0.15) is 0 Å². The third kappa shape index (κ3) is 3.35. The molecule has 2 aromatic rings. The lowest BCUT2D eigenvalue weighted by molar-refractivity contribution is -0.394. The highest BCUT2D eigenvalue weighted by molar-refractivity contribution is 6.41. The first-order chi connectivity index (χ1) is 10.3. The topological polar surface area (TPSA) is 111 Å². The fourth-order valence-electron chi connectivity index (χ4n) is 1.56. The van der Waals surface area contributed by atoms with Crippen molar-refractivity contribution in [3.63, 3.8) is 0 Å². The lowest BCUT2D eigenvalue weighted by atomic mass is 10.3. The molecule has 0 spiro atoms. The highest BCUT2D eigenvalue weighted by Gasteiger charge is 2.22. The Morgan fingerprint density at radius 1 is 1.00 bits per heavy atom. The first-order valence-electron chi connectivity index (χ1n) is 5.50. The van der Waals surface area contributed by atoms with Gasteiger partial charge in [0, 0.05) is 5.02 Å². The molecule has 0 atom stereocenters. The predicted molar refractivity (Wildman–Crippen MR) is 82.3 cm³/mol. The Labute approximate surface area is 137 Å². The summed E-state index contributed by atoms with van der Waals surface area (Å²) in [6.45, 7) is 0. The van der Waals surface area contributed by atoms with E-state index >= 15 is 0 Å². The largest absolute Gasteiger partial charge is 0.332 e. The average molecular weight is 364 g/mol. The summed E-state index contributed by atoms with van der Waals surface area (Å²) in [6.07, 6.45) is 0.882. The van der Waals surface area contributed by atoms with Crippen LogP contribution in [0, 0.1) is 20.2 Å². The molecule has 0 aliphatic rings. The summed E-state index contributed by atoms with van der Waals surface area (Å²) >= 11 is 17.7. The Balaban J connectivity index is 2.50. The normalized spacial score (nSPS) is 10.3. The van der Waals surface area contributed by atoms with Crippen LogP contribution in [-0.4, -0.2) is 14.8 Å². The molecule has 1 aromatic heterocycles. The van der Waals surface area contributed by atoms with Gasteiger partial charge in [-0.25, -0.2) is 4.98 Å². The summed E-state index contributed by atoms with van der Waals surface area (Å²) in [6, 6.07) is 3.55. The number of hydrogen-bond acceptors (Lipinski definition) is 6. The van der Waals surface area contributed by atoms with Crippen LogP contribution < -0.4 is 5.32 Å². The second kappa shape index (κ2) is 6.30. The molecule has 0 radical (unpaired) electrons. The van der Waals surface area contributed by atoms with Crippen molar-refractivity contribution in [3.05, 3.63) is 59.7 Å². The molecule has 1 aromatic carbocycles. The van der Waals surface area contributed by atoms with Gasteiger partial charge >= 0.3 is 5.69 Å². The first kappa shape index (κ1) is 16.2. The van der Waals surface area contributed by atoms with Crippen molar-refractivity contribution in [3.8, 4) is 0 Å². The number of aromatic nitrogens is 1. The third-order valence-corrected chi connectivity index (χ3v) is 3.33. The smallest absolute Gasteiger partial charge is 0.318 e. The Hall–Kier alpha value is -2.16. The van der Waals surface area contributed by atoms with Crippen LogP contribution in [-0.2, 0) is 0 Å². The number of hydrogen-bond donors (Lipinski definition) is 1. The molecule has 0 aliphatic carbocycles. The van der Waals surface area contributed by atoms with E-state index in [-0.39, 0.29) is 26.6 Å². The van der Waals surface area contributed by atoms with Crippen LogP contribution in [0.2, 0.25) is 15.1 Å². The Morgan fingerprint density at radius 3 is 2.09 bits per heavy atom. The second-order valence-corrected chi connectivity index (χ2v) is 5.20. The van der Waals surface area contributed by atoms with Crippen molar-refractivity contribution in [1.29, 1.82) is 0 Å². The van der Waals surface area contributed by atoms with E-state index in [0.29, 0.717) is 0 Å². The molecule has 1 heterocycles. The molecule has 0 saturated carbocycles. The molecule has 0 unspecified atom stereocenters. The van der Waals surface area contributed by atoms with E-state index in [2.05, 4.69) is 10.3 Å². The Kier molecular flexibility index (Phi) is 4.65. The number of halogens is 3. The minimum absolute atomic E-state index is 0.118. The molecule has 1 N–H and O–H groups in total. The summed E-state index contributed by atoms with van der Waals surface area (Å²) in [4.78, 5) is 23.8. The van der Waals surface area contributed by atoms with Gasteiger partial charge in [0.15, 0.2) is 0 Å². The van der Waals surface area contributed by atoms with Crippen molar-refractivity contribution in [2.75, 3.05) is 5.32 Å². The molecule has 0 amide bonds. The molecule has 2 rings (SSSR count). The van der Waals surface area contributed by atoms with Crippen molar-refractivity contribution in [1.82, 2.24) is 4.98 Å². The third-order valence-electron chi connectivity index (χ3n) is 2.51. The van der Waals surface area contributed by atoms with Crippen molar-refractivity contribution < 1.29 is 9.85 Å². The average Bonchev–Trinajstić information content (AvgIpc) is 2.42. The molecule has 11 heteroatoms. The van der Waals surface area contributed by atoms with Gasteiger partial charge in [0.2, 0.25) is 5.82 Å². The number of nitro groups is 2. The molecule has 8 nitrogen and oxygen atoms in total. The van der Waals surface area contributed by atoms with E-state index in [1.54, 1.807) is 0 Å². The SMILES string of the molecule is O=[N+]([O-])c1cnc(Nc2c(Cl)cc(Cl)cc2Cl)c([N+](=O)[O-])c1. The summed E-state index contributed by atoms with van der Waals surface area (Å²) in [7, 11) is 0. The van der Waals surface area contributed by atoms with E-state index in [4.69, 9.17) is 34.8 Å². The van der Waals surface area contributed by atoms with Crippen LogP contribution >= 0.6 is 34.8 Å². The minimum atomic E-state index is -0.805. The van der Waals surface area contributed by atoms with Gasteiger partial charge < -0.3 is 5.32 Å². The number of nitrogens with zero attached hydrogens (tertiary/aromatic N) is 3. The van der Waals surface area contributed by atoms with Crippen LogP contribution in [0.5, 0.6) is 0 Å². The van der Waals surface area contributed by atoms with Gasteiger partial charge in [-0.1, -0.05) is 34.8 Å². The number of pyridine rings is 1. The fourth-order valence-corrected chi connectivity index (χ4v) is 2.47. The Bertz CT molecular complexity index is 761. The van der Waals surface area contributed by atoms with Gasteiger partial charge in [-0.3, -0.25) is 20.2 Å². The van der Waals surface area contributed by atoms with Crippen molar-refractivity contribution in [2.24, 2.45) is 0 Å². The zero-order valence-electron chi connectivity index (χ0n) is 10.4. The Morgan fingerprint density at radius 2 is 1.59 bits per heavy atom. The lowest BCUT2D eigenvalue weighted by Crippen LogP contribution is -2.02. The summed E-state index contributed by atoms with van der Waals surface area (Å²) in [5.41, 5.74) is -0.945. The fraction of sp³-hybridized carbons (Fsp3) is 0. The van der Waals surface area contributed by atoms with Gasteiger partial charge in [0.1, 0.15) is 6.20 Å². The number of rotatable bonds is 4. The molecule has 0 saturated heterocycles.